The zero-order valence-electron chi connectivity index (χ0n) is 13.4. The molecule has 0 bridgehead atoms. The van der Waals surface area contributed by atoms with Gasteiger partial charge in [0, 0.05) is 20.0 Å². The molecule has 0 saturated carbocycles. The number of aliphatic hydroxyl groups excluding tert-OH is 1. The topological polar surface area (TPSA) is 91.5 Å². The summed E-state index contributed by atoms with van der Waals surface area (Å²) in [5, 5.41) is 15.8. The third-order valence-electron chi connectivity index (χ3n) is 3.39. The Morgan fingerprint density at radius 3 is 2.78 bits per heavy atom. The van der Waals surface area contributed by atoms with E-state index in [1.54, 1.807) is 7.05 Å². The Balaban J connectivity index is 2.23. The predicted molar refractivity (Wildman–Crippen MR) is 84.8 cm³/mol. The number of benzene rings is 1. The van der Waals surface area contributed by atoms with Gasteiger partial charge < -0.3 is 19.8 Å². The van der Waals surface area contributed by atoms with Crippen LogP contribution in [0.25, 0.3) is 0 Å². The summed E-state index contributed by atoms with van der Waals surface area (Å²) in [6.45, 7) is 2.19. The lowest BCUT2D eigenvalue weighted by molar-refractivity contribution is 0.188. The van der Waals surface area contributed by atoms with Crippen LogP contribution in [0.3, 0.4) is 0 Å². The average Bonchev–Trinajstić information content (AvgIpc) is 3.02. The van der Waals surface area contributed by atoms with Crippen molar-refractivity contribution in [1.82, 2.24) is 20.4 Å². The monoisotopic (exact) mass is 318 g/mol. The standard InChI is InChI=1S/C16H22N4O3/c1-3-7-13-17-15(19-23-13)14(12-8-5-4-6-9-12)18-16(22)20(2)10-11-21/h4-6,8-9,14,21H,3,7,10-11H2,1-2H3,(H,18,22). The minimum atomic E-state index is -0.501. The molecule has 1 unspecified atom stereocenters. The van der Waals surface area contributed by atoms with Crippen LogP contribution < -0.4 is 5.32 Å². The van der Waals surface area contributed by atoms with Gasteiger partial charge in [0.15, 0.2) is 5.82 Å². The fraction of sp³-hybridized carbons (Fsp3) is 0.438. The first kappa shape index (κ1) is 17.0. The number of aryl methyl sites for hydroxylation is 1. The summed E-state index contributed by atoms with van der Waals surface area (Å²) in [7, 11) is 1.62. The maximum absolute atomic E-state index is 12.2. The van der Waals surface area contributed by atoms with Gasteiger partial charge in [-0.15, -0.1) is 0 Å². The molecule has 0 aliphatic carbocycles. The van der Waals surface area contributed by atoms with E-state index in [9.17, 15) is 4.79 Å². The molecular formula is C16H22N4O3. The van der Waals surface area contributed by atoms with E-state index in [0.717, 1.165) is 12.0 Å². The first-order valence-electron chi connectivity index (χ1n) is 7.65. The highest BCUT2D eigenvalue weighted by Gasteiger charge is 2.23. The van der Waals surface area contributed by atoms with E-state index >= 15 is 0 Å². The van der Waals surface area contributed by atoms with Crippen molar-refractivity contribution in [2.45, 2.75) is 25.8 Å². The van der Waals surface area contributed by atoms with Gasteiger partial charge in [-0.25, -0.2) is 4.79 Å². The molecule has 0 saturated heterocycles. The highest BCUT2D eigenvalue weighted by atomic mass is 16.5. The lowest BCUT2D eigenvalue weighted by atomic mass is 10.1. The number of nitrogens with one attached hydrogen (secondary N) is 1. The van der Waals surface area contributed by atoms with E-state index in [2.05, 4.69) is 15.5 Å². The van der Waals surface area contributed by atoms with Crippen molar-refractivity contribution >= 4 is 6.03 Å². The number of hydrogen-bond acceptors (Lipinski definition) is 5. The summed E-state index contributed by atoms with van der Waals surface area (Å²) in [5.74, 6) is 0.979. The maximum Gasteiger partial charge on any atom is 0.318 e. The number of hydrogen-bond donors (Lipinski definition) is 2. The molecule has 7 nitrogen and oxygen atoms in total. The number of aliphatic hydroxyl groups is 1. The van der Waals surface area contributed by atoms with Crippen LogP contribution in [-0.2, 0) is 6.42 Å². The third-order valence-corrected chi connectivity index (χ3v) is 3.39. The van der Waals surface area contributed by atoms with Crippen molar-refractivity contribution in [2.24, 2.45) is 0 Å². The van der Waals surface area contributed by atoms with Gasteiger partial charge in [0.2, 0.25) is 5.89 Å². The fourth-order valence-corrected chi connectivity index (χ4v) is 2.13. The van der Waals surface area contributed by atoms with Crippen LogP contribution >= 0.6 is 0 Å². The van der Waals surface area contributed by atoms with E-state index in [0.29, 0.717) is 18.1 Å². The van der Waals surface area contributed by atoms with E-state index in [1.165, 1.54) is 4.90 Å². The van der Waals surface area contributed by atoms with Gasteiger partial charge in [-0.2, -0.15) is 4.98 Å². The molecule has 0 radical (unpaired) electrons. The Labute approximate surface area is 135 Å². The van der Waals surface area contributed by atoms with E-state index < -0.39 is 6.04 Å². The lowest BCUT2D eigenvalue weighted by Crippen LogP contribution is -2.41. The van der Waals surface area contributed by atoms with Gasteiger partial charge in [-0.05, 0) is 12.0 Å². The summed E-state index contributed by atoms with van der Waals surface area (Å²) in [4.78, 5) is 18.0. The summed E-state index contributed by atoms with van der Waals surface area (Å²) >= 11 is 0. The van der Waals surface area contributed by atoms with Gasteiger partial charge in [-0.3, -0.25) is 0 Å². The highest BCUT2D eigenvalue weighted by molar-refractivity contribution is 5.74. The lowest BCUT2D eigenvalue weighted by Gasteiger charge is -2.21. The normalized spacial score (nSPS) is 12.0. The fourth-order valence-electron chi connectivity index (χ4n) is 2.13. The van der Waals surface area contributed by atoms with Crippen molar-refractivity contribution in [3.8, 4) is 0 Å². The molecule has 124 valence electrons. The van der Waals surface area contributed by atoms with Crippen LogP contribution in [-0.4, -0.2) is 46.4 Å². The quantitative estimate of drug-likeness (QED) is 0.811. The molecule has 2 aromatic rings. The zero-order valence-corrected chi connectivity index (χ0v) is 13.4. The molecule has 2 rings (SSSR count). The Bertz CT molecular complexity index is 615. The van der Waals surface area contributed by atoms with E-state index in [-0.39, 0.29) is 19.2 Å². The second-order valence-electron chi connectivity index (χ2n) is 5.23. The second-order valence-corrected chi connectivity index (χ2v) is 5.23. The van der Waals surface area contributed by atoms with Crippen molar-refractivity contribution in [3.05, 3.63) is 47.6 Å². The summed E-state index contributed by atoms with van der Waals surface area (Å²) < 4.78 is 5.23. The average molecular weight is 318 g/mol. The molecule has 0 aliphatic heterocycles. The zero-order chi connectivity index (χ0) is 16.7. The summed E-state index contributed by atoms with van der Waals surface area (Å²) in [6.07, 6.45) is 1.61. The SMILES string of the molecule is CCCc1nc(C(NC(=O)N(C)CCO)c2ccccc2)no1. The number of nitrogens with zero attached hydrogens (tertiary/aromatic N) is 3. The number of carbonyl (C=O) groups excluding carboxylic acids is 1. The number of amides is 2. The molecule has 0 spiro atoms. The minimum absolute atomic E-state index is 0.0945. The highest BCUT2D eigenvalue weighted by Crippen LogP contribution is 2.20. The van der Waals surface area contributed by atoms with Gasteiger partial charge >= 0.3 is 6.03 Å². The van der Waals surface area contributed by atoms with Gasteiger partial charge in [-0.1, -0.05) is 42.4 Å². The van der Waals surface area contributed by atoms with Gasteiger partial charge in [0.25, 0.3) is 0 Å². The largest absolute Gasteiger partial charge is 0.395 e. The first-order chi connectivity index (χ1) is 11.2. The van der Waals surface area contributed by atoms with Crippen LogP contribution in [0.15, 0.2) is 34.9 Å². The Morgan fingerprint density at radius 2 is 2.13 bits per heavy atom. The van der Waals surface area contributed by atoms with Crippen molar-refractivity contribution in [2.75, 3.05) is 20.2 Å². The predicted octanol–water partition coefficient (Wildman–Crippen LogP) is 1.75. The first-order valence-corrected chi connectivity index (χ1v) is 7.65. The molecule has 1 aromatic carbocycles. The molecule has 1 heterocycles. The minimum Gasteiger partial charge on any atom is -0.395 e. The summed E-state index contributed by atoms with van der Waals surface area (Å²) in [5.41, 5.74) is 0.863. The number of urea groups is 1. The van der Waals surface area contributed by atoms with Crippen LogP contribution in [0.5, 0.6) is 0 Å². The maximum atomic E-state index is 12.2. The van der Waals surface area contributed by atoms with E-state index in [4.69, 9.17) is 9.63 Å². The molecule has 2 amide bonds. The second kappa shape index (κ2) is 8.28. The summed E-state index contributed by atoms with van der Waals surface area (Å²) in [6, 6.07) is 8.66. The molecular weight excluding hydrogens is 296 g/mol. The van der Waals surface area contributed by atoms with E-state index in [1.807, 2.05) is 37.3 Å². The van der Waals surface area contributed by atoms with Crippen molar-refractivity contribution < 1.29 is 14.4 Å². The molecule has 0 fully saturated rings. The smallest absolute Gasteiger partial charge is 0.318 e. The molecule has 1 aromatic heterocycles. The van der Waals surface area contributed by atoms with Crippen molar-refractivity contribution in [3.63, 3.8) is 0 Å². The Hall–Kier alpha value is -2.41. The molecule has 7 heteroatoms. The number of rotatable bonds is 7. The third kappa shape index (κ3) is 4.53. The molecule has 23 heavy (non-hydrogen) atoms. The van der Waals surface area contributed by atoms with Gasteiger partial charge in [0.1, 0.15) is 6.04 Å². The molecule has 0 aliphatic rings. The van der Waals surface area contributed by atoms with Crippen LogP contribution in [0.1, 0.15) is 36.7 Å². The van der Waals surface area contributed by atoms with Gasteiger partial charge in [0.05, 0.1) is 6.61 Å². The van der Waals surface area contributed by atoms with Crippen LogP contribution in [0.4, 0.5) is 4.79 Å². The van der Waals surface area contributed by atoms with Crippen molar-refractivity contribution in [1.29, 1.82) is 0 Å². The number of likely N-dealkylation sites (N-methyl/N-ethyl adjacent to an activating group) is 1. The molecule has 1 atom stereocenters. The Kier molecular flexibility index (Phi) is 6.10. The Morgan fingerprint density at radius 1 is 1.39 bits per heavy atom. The molecule has 2 N–H and O–H groups in total. The number of aromatic nitrogens is 2. The van der Waals surface area contributed by atoms with Crippen LogP contribution in [0.2, 0.25) is 0 Å². The van der Waals surface area contributed by atoms with Crippen LogP contribution in [0, 0.1) is 0 Å². The number of carbonyl (C=O) groups is 1.